The van der Waals surface area contributed by atoms with Crippen LogP contribution in [0.5, 0.6) is 0 Å². The van der Waals surface area contributed by atoms with E-state index in [0.717, 1.165) is 29.0 Å². The van der Waals surface area contributed by atoms with Crippen LogP contribution in [0.3, 0.4) is 0 Å². The van der Waals surface area contributed by atoms with E-state index in [4.69, 9.17) is 10.8 Å². The number of rotatable bonds is 3. The van der Waals surface area contributed by atoms with Crippen LogP contribution in [0.25, 0.3) is 0 Å². The van der Waals surface area contributed by atoms with Gasteiger partial charge in [-0.25, -0.2) is 0 Å². The van der Waals surface area contributed by atoms with Crippen molar-refractivity contribution in [1.82, 2.24) is 0 Å². The Kier molecular flexibility index (Phi) is 3.10. The average Bonchev–Trinajstić information content (AvgIpc) is 2.13. The molecular formula is C12H15NO2S. The van der Waals surface area contributed by atoms with Crippen molar-refractivity contribution in [2.45, 2.75) is 29.9 Å². The van der Waals surface area contributed by atoms with Crippen molar-refractivity contribution in [2.24, 2.45) is 5.92 Å². The van der Waals surface area contributed by atoms with Crippen molar-refractivity contribution < 1.29 is 9.90 Å². The van der Waals surface area contributed by atoms with Crippen LogP contribution in [0.4, 0.5) is 5.69 Å². The minimum Gasteiger partial charge on any atom is -0.481 e. The van der Waals surface area contributed by atoms with Gasteiger partial charge < -0.3 is 10.8 Å². The third kappa shape index (κ3) is 2.16. The fourth-order valence-electron chi connectivity index (χ4n) is 1.83. The van der Waals surface area contributed by atoms with E-state index < -0.39 is 5.97 Å². The summed E-state index contributed by atoms with van der Waals surface area (Å²) in [5.41, 5.74) is 7.78. The lowest BCUT2D eigenvalue weighted by atomic mass is 9.85. The second kappa shape index (κ2) is 4.37. The molecule has 0 spiro atoms. The van der Waals surface area contributed by atoms with Gasteiger partial charge in [-0.3, -0.25) is 4.79 Å². The second-order valence-electron chi connectivity index (χ2n) is 4.22. The second-order valence-corrected chi connectivity index (χ2v) is 5.50. The number of hydrogen-bond acceptors (Lipinski definition) is 3. The SMILES string of the molecule is Cc1ccc(SC2CCC2C(=O)O)c(N)c1. The first-order chi connectivity index (χ1) is 7.58. The zero-order valence-electron chi connectivity index (χ0n) is 9.14. The fraction of sp³-hybridized carbons (Fsp3) is 0.417. The number of benzene rings is 1. The molecule has 0 amide bonds. The summed E-state index contributed by atoms with van der Waals surface area (Å²) in [6.07, 6.45) is 1.76. The van der Waals surface area contributed by atoms with E-state index in [1.165, 1.54) is 0 Å². The van der Waals surface area contributed by atoms with Crippen LogP contribution in [0.1, 0.15) is 18.4 Å². The summed E-state index contributed by atoms with van der Waals surface area (Å²) in [7, 11) is 0. The molecule has 1 fully saturated rings. The minimum atomic E-state index is -0.686. The van der Waals surface area contributed by atoms with Gasteiger partial charge in [-0.1, -0.05) is 6.07 Å². The summed E-state index contributed by atoms with van der Waals surface area (Å²) in [4.78, 5) is 11.9. The van der Waals surface area contributed by atoms with Crippen LogP contribution in [0, 0.1) is 12.8 Å². The average molecular weight is 237 g/mol. The van der Waals surface area contributed by atoms with Crippen molar-refractivity contribution in [3.05, 3.63) is 23.8 Å². The molecule has 2 atom stereocenters. The van der Waals surface area contributed by atoms with Crippen LogP contribution >= 0.6 is 11.8 Å². The summed E-state index contributed by atoms with van der Waals surface area (Å²) >= 11 is 1.60. The Morgan fingerprint density at radius 1 is 1.50 bits per heavy atom. The molecule has 0 heterocycles. The van der Waals surface area contributed by atoms with E-state index in [2.05, 4.69) is 0 Å². The third-order valence-corrected chi connectivity index (χ3v) is 4.46. The predicted molar refractivity (Wildman–Crippen MR) is 65.6 cm³/mol. The summed E-state index contributed by atoms with van der Waals surface area (Å²) in [5.74, 6) is -0.889. The maximum atomic E-state index is 10.9. The zero-order chi connectivity index (χ0) is 11.7. The first kappa shape index (κ1) is 11.3. The fourth-order valence-corrected chi connectivity index (χ4v) is 3.17. The van der Waals surface area contributed by atoms with Crippen molar-refractivity contribution in [2.75, 3.05) is 5.73 Å². The molecule has 0 bridgehead atoms. The Hall–Kier alpha value is -1.16. The van der Waals surface area contributed by atoms with E-state index in [1.54, 1.807) is 11.8 Å². The molecule has 3 nitrogen and oxygen atoms in total. The number of hydrogen-bond donors (Lipinski definition) is 2. The summed E-state index contributed by atoms with van der Waals surface area (Å²) in [6, 6.07) is 5.91. The molecule has 1 aliphatic rings. The molecule has 1 aromatic rings. The summed E-state index contributed by atoms with van der Waals surface area (Å²) < 4.78 is 0. The van der Waals surface area contributed by atoms with Crippen LogP contribution in [-0.4, -0.2) is 16.3 Å². The van der Waals surface area contributed by atoms with Crippen LogP contribution in [0.15, 0.2) is 23.1 Å². The number of nitrogens with two attached hydrogens (primary N) is 1. The topological polar surface area (TPSA) is 63.3 Å². The molecule has 3 N–H and O–H groups in total. The molecule has 0 saturated heterocycles. The van der Waals surface area contributed by atoms with Gasteiger partial charge in [0.1, 0.15) is 0 Å². The van der Waals surface area contributed by atoms with Gasteiger partial charge in [0.05, 0.1) is 5.92 Å². The largest absolute Gasteiger partial charge is 0.481 e. The number of aryl methyl sites for hydroxylation is 1. The van der Waals surface area contributed by atoms with Gasteiger partial charge in [0.25, 0.3) is 0 Å². The third-order valence-electron chi connectivity index (χ3n) is 2.97. The molecule has 16 heavy (non-hydrogen) atoms. The smallest absolute Gasteiger partial charge is 0.307 e. The summed E-state index contributed by atoms with van der Waals surface area (Å²) in [5, 5.41) is 9.13. The number of nitrogen functional groups attached to an aromatic ring is 1. The normalized spacial score (nSPS) is 23.8. The van der Waals surface area contributed by atoms with E-state index in [1.807, 2.05) is 25.1 Å². The Balaban J connectivity index is 2.07. The van der Waals surface area contributed by atoms with Crippen molar-refractivity contribution in [3.8, 4) is 0 Å². The maximum absolute atomic E-state index is 10.9. The number of carboxylic acid groups (broad SMARTS) is 1. The van der Waals surface area contributed by atoms with Crippen LogP contribution in [0.2, 0.25) is 0 Å². The van der Waals surface area contributed by atoms with Gasteiger partial charge in [-0.2, -0.15) is 0 Å². The van der Waals surface area contributed by atoms with Gasteiger partial charge in [0.15, 0.2) is 0 Å². The Bertz CT molecular complexity index is 419. The van der Waals surface area contributed by atoms with Gasteiger partial charge >= 0.3 is 5.97 Å². The maximum Gasteiger partial charge on any atom is 0.307 e. The highest BCUT2D eigenvalue weighted by atomic mass is 32.2. The standard InChI is InChI=1S/C12H15NO2S/c1-7-2-4-11(9(13)6-7)16-10-5-3-8(10)12(14)15/h2,4,6,8,10H,3,5,13H2,1H3,(H,14,15). The highest BCUT2D eigenvalue weighted by molar-refractivity contribution is 8.00. The molecule has 1 saturated carbocycles. The van der Waals surface area contributed by atoms with Crippen LogP contribution < -0.4 is 5.73 Å². The lowest BCUT2D eigenvalue weighted by molar-refractivity contribution is -0.144. The highest BCUT2D eigenvalue weighted by Gasteiger charge is 2.37. The molecule has 0 aromatic heterocycles. The monoisotopic (exact) mass is 237 g/mol. The molecular weight excluding hydrogens is 222 g/mol. The molecule has 4 heteroatoms. The Morgan fingerprint density at radius 3 is 2.75 bits per heavy atom. The molecule has 86 valence electrons. The van der Waals surface area contributed by atoms with Gasteiger partial charge in [0.2, 0.25) is 0 Å². The number of carbonyl (C=O) groups is 1. The van der Waals surface area contributed by atoms with E-state index >= 15 is 0 Å². The van der Waals surface area contributed by atoms with Crippen molar-refractivity contribution in [1.29, 1.82) is 0 Å². The molecule has 0 aliphatic heterocycles. The molecule has 1 aromatic carbocycles. The van der Waals surface area contributed by atoms with E-state index in [9.17, 15) is 4.79 Å². The van der Waals surface area contributed by atoms with E-state index in [0.29, 0.717) is 0 Å². The lowest BCUT2D eigenvalue weighted by Crippen LogP contribution is -2.35. The van der Waals surface area contributed by atoms with Crippen molar-refractivity contribution in [3.63, 3.8) is 0 Å². The van der Waals surface area contributed by atoms with E-state index in [-0.39, 0.29) is 11.2 Å². The van der Waals surface area contributed by atoms with Crippen LogP contribution in [-0.2, 0) is 4.79 Å². The number of aliphatic carboxylic acids is 1. The molecule has 2 unspecified atom stereocenters. The first-order valence-corrected chi connectivity index (χ1v) is 6.21. The minimum absolute atomic E-state index is 0.183. The Labute approximate surface area is 99.0 Å². The number of anilines is 1. The Morgan fingerprint density at radius 2 is 2.25 bits per heavy atom. The highest BCUT2D eigenvalue weighted by Crippen LogP contribution is 2.43. The van der Waals surface area contributed by atoms with Gasteiger partial charge in [0, 0.05) is 15.8 Å². The molecule has 1 aliphatic carbocycles. The molecule has 2 rings (SSSR count). The zero-order valence-corrected chi connectivity index (χ0v) is 9.96. The molecule has 0 radical (unpaired) electrons. The number of carboxylic acids is 1. The van der Waals surface area contributed by atoms with Gasteiger partial charge in [-0.15, -0.1) is 11.8 Å². The first-order valence-electron chi connectivity index (χ1n) is 5.33. The quantitative estimate of drug-likeness (QED) is 0.793. The summed E-state index contributed by atoms with van der Waals surface area (Å²) in [6.45, 7) is 1.99. The predicted octanol–water partition coefficient (Wildman–Crippen LogP) is 2.53. The van der Waals surface area contributed by atoms with Crippen molar-refractivity contribution >= 4 is 23.4 Å². The number of thioether (sulfide) groups is 1. The lowest BCUT2D eigenvalue weighted by Gasteiger charge is -2.32. The van der Waals surface area contributed by atoms with Gasteiger partial charge in [-0.05, 0) is 37.5 Å².